The van der Waals surface area contributed by atoms with Crippen LogP contribution in [0.5, 0.6) is 0 Å². The standard InChI is InChI=1S/C7H16N2O.C2H6/c1-9-4-3-8-5-7(9)6-10-2;1-2/h7-8H,3-6H2,1-2H3;1-2H3. The van der Waals surface area contributed by atoms with Crippen LogP contribution in [0.1, 0.15) is 13.8 Å². The zero-order valence-corrected chi connectivity index (χ0v) is 8.76. The quantitative estimate of drug-likeness (QED) is 0.662. The van der Waals surface area contributed by atoms with Crippen LogP contribution in [0.25, 0.3) is 0 Å². The average molecular weight is 174 g/mol. The van der Waals surface area contributed by atoms with Gasteiger partial charge in [0.1, 0.15) is 0 Å². The fourth-order valence-corrected chi connectivity index (χ4v) is 1.24. The minimum Gasteiger partial charge on any atom is -0.383 e. The molecule has 1 saturated heterocycles. The zero-order valence-electron chi connectivity index (χ0n) is 8.76. The van der Waals surface area contributed by atoms with E-state index < -0.39 is 0 Å². The first kappa shape index (κ1) is 11.9. The highest BCUT2D eigenvalue weighted by Crippen LogP contribution is 1.98. The lowest BCUT2D eigenvalue weighted by atomic mass is 10.2. The van der Waals surface area contributed by atoms with Gasteiger partial charge in [-0.1, -0.05) is 13.8 Å². The van der Waals surface area contributed by atoms with E-state index in [2.05, 4.69) is 17.3 Å². The van der Waals surface area contributed by atoms with E-state index in [0.29, 0.717) is 6.04 Å². The summed E-state index contributed by atoms with van der Waals surface area (Å²) in [6, 6.07) is 0.568. The molecular weight excluding hydrogens is 152 g/mol. The summed E-state index contributed by atoms with van der Waals surface area (Å²) in [5.41, 5.74) is 0. The number of ether oxygens (including phenoxy) is 1. The van der Waals surface area contributed by atoms with E-state index in [0.717, 1.165) is 26.2 Å². The molecule has 0 aromatic carbocycles. The largest absolute Gasteiger partial charge is 0.383 e. The van der Waals surface area contributed by atoms with Crippen LogP contribution in [-0.4, -0.2) is 51.3 Å². The fourth-order valence-electron chi connectivity index (χ4n) is 1.24. The van der Waals surface area contributed by atoms with E-state index >= 15 is 0 Å². The molecule has 12 heavy (non-hydrogen) atoms. The molecule has 1 aliphatic heterocycles. The molecular formula is C9H22N2O. The summed E-state index contributed by atoms with van der Waals surface area (Å²) in [4.78, 5) is 2.33. The van der Waals surface area contributed by atoms with Crippen LogP contribution in [0.15, 0.2) is 0 Å². The van der Waals surface area contributed by atoms with Crippen molar-refractivity contribution >= 4 is 0 Å². The lowest BCUT2D eigenvalue weighted by Gasteiger charge is -2.32. The Morgan fingerprint density at radius 2 is 2.17 bits per heavy atom. The van der Waals surface area contributed by atoms with Gasteiger partial charge >= 0.3 is 0 Å². The maximum absolute atomic E-state index is 5.07. The van der Waals surface area contributed by atoms with Gasteiger partial charge in [0.25, 0.3) is 0 Å². The second-order valence-electron chi connectivity index (χ2n) is 2.79. The van der Waals surface area contributed by atoms with Crippen LogP contribution >= 0.6 is 0 Å². The predicted octanol–water partition coefficient (Wildman–Crippen LogP) is 0.563. The van der Waals surface area contributed by atoms with Gasteiger partial charge in [-0.3, -0.25) is 4.90 Å². The molecule has 74 valence electrons. The van der Waals surface area contributed by atoms with Gasteiger partial charge in [0, 0.05) is 32.8 Å². The number of rotatable bonds is 2. The molecule has 0 radical (unpaired) electrons. The Morgan fingerprint density at radius 1 is 1.50 bits per heavy atom. The van der Waals surface area contributed by atoms with Crippen molar-refractivity contribution in [1.29, 1.82) is 0 Å². The van der Waals surface area contributed by atoms with E-state index in [-0.39, 0.29) is 0 Å². The van der Waals surface area contributed by atoms with E-state index in [1.807, 2.05) is 13.8 Å². The minimum absolute atomic E-state index is 0.568. The summed E-state index contributed by atoms with van der Waals surface area (Å²) >= 11 is 0. The van der Waals surface area contributed by atoms with Crippen LogP contribution in [0, 0.1) is 0 Å². The molecule has 1 unspecified atom stereocenters. The molecule has 0 bridgehead atoms. The molecule has 0 saturated carbocycles. The molecule has 1 heterocycles. The number of hydrogen-bond donors (Lipinski definition) is 1. The van der Waals surface area contributed by atoms with Crippen molar-refractivity contribution in [2.75, 3.05) is 40.4 Å². The maximum atomic E-state index is 5.07. The van der Waals surface area contributed by atoms with E-state index in [1.54, 1.807) is 7.11 Å². The summed E-state index contributed by atoms with van der Waals surface area (Å²) in [7, 11) is 3.90. The number of methoxy groups -OCH3 is 1. The molecule has 3 nitrogen and oxygen atoms in total. The van der Waals surface area contributed by atoms with Crippen LogP contribution < -0.4 is 5.32 Å². The van der Waals surface area contributed by atoms with Crippen molar-refractivity contribution in [3.8, 4) is 0 Å². The lowest BCUT2D eigenvalue weighted by molar-refractivity contribution is 0.0909. The first-order valence-corrected chi connectivity index (χ1v) is 4.74. The summed E-state index contributed by atoms with van der Waals surface area (Å²) < 4.78 is 5.07. The molecule has 0 aromatic heterocycles. The van der Waals surface area contributed by atoms with Crippen molar-refractivity contribution in [2.45, 2.75) is 19.9 Å². The molecule has 1 atom stereocenters. The molecule has 3 heteroatoms. The third-order valence-electron chi connectivity index (χ3n) is 2.00. The third kappa shape index (κ3) is 4.04. The van der Waals surface area contributed by atoms with E-state index in [9.17, 15) is 0 Å². The first-order valence-electron chi connectivity index (χ1n) is 4.74. The highest BCUT2D eigenvalue weighted by atomic mass is 16.5. The Labute approximate surface area is 76.1 Å². The number of piperazine rings is 1. The second kappa shape index (κ2) is 7.53. The Kier molecular flexibility index (Phi) is 7.45. The minimum atomic E-state index is 0.568. The SMILES string of the molecule is CC.COCC1CNCCN1C. The van der Waals surface area contributed by atoms with Crippen molar-refractivity contribution < 1.29 is 4.74 Å². The molecule has 1 rings (SSSR count). The second-order valence-corrected chi connectivity index (χ2v) is 2.79. The van der Waals surface area contributed by atoms with Gasteiger partial charge in [0.2, 0.25) is 0 Å². The number of nitrogens with one attached hydrogen (secondary N) is 1. The molecule has 0 aromatic rings. The molecule has 0 spiro atoms. The molecule has 0 aliphatic carbocycles. The molecule has 1 aliphatic rings. The summed E-state index contributed by atoms with van der Waals surface area (Å²) in [6.07, 6.45) is 0. The number of hydrogen-bond acceptors (Lipinski definition) is 3. The van der Waals surface area contributed by atoms with Crippen LogP contribution in [0.3, 0.4) is 0 Å². The maximum Gasteiger partial charge on any atom is 0.0630 e. The molecule has 0 amide bonds. The van der Waals surface area contributed by atoms with Gasteiger partial charge in [-0.25, -0.2) is 0 Å². The monoisotopic (exact) mass is 174 g/mol. The van der Waals surface area contributed by atoms with Gasteiger partial charge in [0.05, 0.1) is 6.61 Å². The Bertz CT molecular complexity index is 96.5. The summed E-state index contributed by atoms with van der Waals surface area (Å²) in [5, 5.41) is 3.33. The highest BCUT2D eigenvalue weighted by molar-refractivity contribution is 4.76. The van der Waals surface area contributed by atoms with E-state index in [1.165, 1.54) is 0 Å². The highest BCUT2D eigenvalue weighted by Gasteiger charge is 2.17. The van der Waals surface area contributed by atoms with Gasteiger partial charge in [0.15, 0.2) is 0 Å². The summed E-state index contributed by atoms with van der Waals surface area (Å²) in [5.74, 6) is 0. The van der Waals surface area contributed by atoms with Crippen LogP contribution in [0.4, 0.5) is 0 Å². The van der Waals surface area contributed by atoms with Crippen molar-refractivity contribution in [3.05, 3.63) is 0 Å². The average Bonchev–Trinajstić information content (AvgIpc) is 2.13. The topological polar surface area (TPSA) is 24.5 Å². The Balaban J connectivity index is 0.000000561. The Hall–Kier alpha value is -0.120. The molecule has 1 fully saturated rings. The predicted molar refractivity (Wildman–Crippen MR) is 52.5 cm³/mol. The Morgan fingerprint density at radius 3 is 2.67 bits per heavy atom. The van der Waals surface area contributed by atoms with Crippen molar-refractivity contribution in [1.82, 2.24) is 10.2 Å². The molecule has 1 N–H and O–H groups in total. The van der Waals surface area contributed by atoms with Gasteiger partial charge in [-0.15, -0.1) is 0 Å². The van der Waals surface area contributed by atoms with Crippen molar-refractivity contribution in [2.24, 2.45) is 0 Å². The third-order valence-corrected chi connectivity index (χ3v) is 2.00. The first-order chi connectivity index (χ1) is 5.84. The summed E-state index contributed by atoms with van der Waals surface area (Å²) in [6.45, 7) is 8.14. The number of nitrogens with zero attached hydrogens (tertiary/aromatic N) is 1. The lowest BCUT2D eigenvalue weighted by Crippen LogP contribution is -2.51. The normalized spacial score (nSPS) is 24.5. The smallest absolute Gasteiger partial charge is 0.0630 e. The fraction of sp³-hybridized carbons (Fsp3) is 1.00. The number of likely N-dealkylation sites (N-methyl/N-ethyl adjacent to an activating group) is 1. The van der Waals surface area contributed by atoms with Gasteiger partial charge < -0.3 is 10.1 Å². The van der Waals surface area contributed by atoms with Gasteiger partial charge in [-0.2, -0.15) is 0 Å². The zero-order chi connectivity index (χ0) is 9.40. The van der Waals surface area contributed by atoms with Crippen LogP contribution in [-0.2, 0) is 4.74 Å². The van der Waals surface area contributed by atoms with E-state index in [4.69, 9.17) is 4.74 Å². The van der Waals surface area contributed by atoms with Gasteiger partial charge in [-0.05, 0) is 7.05 Å². The van der Waals surface area contributed by atoms with Crippen molar-refractivity contribution in [3.63, 3.8) is 0 Å². The van der Waals surface area contributed by atoms with Crippen LogP contribution in [0.2, 0.25) is 0 Å².